The Kier molecular flexibility index (Phi) is 13.5. The van der Waals surface area contributed by atoms with E-state index in [0.717, 1.165) is 38.5 Å². The molecule has 0 rings (SSSR count). The fraction of sp³-hybridized carbons (Fsp3) is 0.700. The van der Waals surface area contributed by atoms with E-state index in [1.165, 1.54) is 0 Å². The summed E-state index contributed by atoms with van der Waals surface area (Å²) in [5, 5.41) is -1.98. The number of rotatable bonds is 16. The van der Waals surface area contributed by atoms with Gasteiger partial charge in [0, 0.05) is 0 Å². The van der Waals surface area contributed by atoms with Gasteiger partial charge in [0.25, 0.3) is 10.1 Å². The Morgan fingerprint density at radius 3 is 1.82 bits per heavy atom. The quantitative estimate of drug-likeness (QED) is 0.231. The fourth-order valence-corrected chi connectivity index (χ4v) is 3.20. The van der Waals surface area contributed by atoms with Crippen LogP contribution < -0.4 is 0 Å². The van der Waals surface area contributed by atoms with Gasteiger partial charge in [-0.3, -0.25) is 14.1 Å². The molecule has 3 unspecified atom stereocenters. The Hall–Kier alpha value is -1.67. The van der Waals surface area contributed by atoms with Crippen LogP contribution in [0.2, 0.25) is 0 Å². The highest BCUT2D eigenvalue weighted by Crippen LogP contribution is 2.16. The second kappa shape index (κ2) is 14.3. The molecule has 8 heteroatoms. The first-order valence-corrected chi connectivity index (χ1v) is 11.2. The zero-order valence-electron chi connectivity index (χ0n) is 17.0. The summed E-state index contributed by atoms with van der Waals surface area (Å²) < 4.78 is 42.6. The van der Waals surface area contributed by atoms with Crippen LogP contribution >= 0.6 is 0 Å². The molecule has 0 aliphatic rings. The lowest BCUT2D eigenvalue weighted by Crippen LogP contribution is -2.35. The summed E-state index contributed by atoms with van der Waals surface area (Å²) in [6.45, 7) is 11.3. The van der Waals surface area contributed by atoms with Gasteiger partial charge >= 0.3 is 11.9 Å². The number of ether oxygens (including phenoxy) is 2. The van der Waals surface area contributed by atoms with Gasteiger partial charge in [0.05, 0.1) is 19.6 Å². The third-order valence-electron chi connectivity index (χ3n) is 4.63. The Morgan fingerprint density at radius 2 is 1.43 bits per heavy atom. The van der Waals surface area contributed by atoms with Crippen molar-refractivity contribution >= 4 is 22.1 Å². The standard InChI is InChI=1S/C20H34O7S/c1-5-9-11-16(7-3)14-26-19(21)13-18(28(23,24)25)20(22)27-15-17(8-4)12-10-6-2/h5-6,16-18H,1-2,7-15H2,3-4H3,(H,23,24,25). The van der Waals surface area contributed by atoms with Crippen molar-refractivity contribution in [3.8, 4) is 0 Å². The van der Waals surface area contributed by atoms with E-state index in [4.69, 9.17) is 9.47 Å². The van der Waals surface area contributed by atoms with Gasteiger partial charge in [0.15, 0.2) is 5.25 Å². The number of carbonyl (C=O) groups excluding carboxylic acids is 2. The first kappa shape index (κ1) is 26.3. The maximum Gasteiger partial charge on any atom is 0.327 e. The molecule has 0 aromatic rings. The lowest BCUT2D eigenvalue weighted by Gasteiger charge is -2.18. The molecule has 0 heterocycles. The van der Waals surface area contributed by atoms with Crippen molar-refractivity contribution in [2.45, 2.75) is 64.0 Å². The predicted octanol–water partition coefficient (Wildman–Crippen LogP) is 3.70. The van der Waals surface area contributed by atoms with Gasteiger partial charge in [-0.2, -0.15) is 8.42 Å². The van der Waals surface area contributed by atoms with Gasteiger partial charge in [0.1, 0.15) is 0 Å². The smallest absolute Gasteiger partial charge is 0.327 e. The number of hydrogen-bond donors (Lipinski definition) is 1. The fourth-order valence-electron chi connectivity index (χ4n) is 2.54. The average Bonchev–Trinajstić information content (AvgIpc) is 2.65. The Morgan fingerprint density at radius 1 is 0.964 bits per heavy atom. The van der Waals surface area contributed by atoms with Crippen LogP contribution in [0, 0.1) is 11.8 Å². The number of hydrogen-bond acceptors (Lipinski definition) is 6. The summed E-state index contributed by atoms with van der Waals surface area (Å²) in [5.74, 6) is -1.84. The highest BCUT2D eigenvalue weighted by atomic mass is 32.2. The van der Waals surface area contributed by atoms with Crippen LogP contribution in [0.4, 0.5) is 0 Å². The van der Waals surface area contributed by atoms with Crippen LogP contribution in [0.25, 0.3) is 0 Å². The number of carbonyl (C=O) groups is 2. The van der Waals surface area contributed by atoms with Gasteiger partial charge in [-0.1, -0.05) is 38.8 Å². The van der Waals surface area contributed by atoms with Crippen LogP contribution in [-0.2, 0) is 29.2 Å². The highest BCUT2D eigenvalue weighted by Gasteiger charge is 2.36. The molecule has 0 aliphatic carbocycles. The molecule has 0 bridgehead atoms. The molecule has 3 atom stereocenters. The average molecular weight is 419 g/mol. The van der Waals surface area contributed by atoms with Gasteiger partial charge in [-0.25, -0.2) is 0 Å². The van der Waals surface area contributed by atoms with E-state index in [9.17, 15) is 22.6 Å². The van der Waals surface area contributed by atoms with Crippen molar-refractivity contribution in [2.24, 2.45) is 11.8 Å². The summed E-state index contributed by atoms with van der Waals surface area (Å²) in [7, 11) is -4.79. The maximum absolute atomic E-state index is 12.2. The van der Waals surface area contributed by atoms with Crippen LogP contribution in [-0.4, -0.2) is 43.4 Å². The Labute approximate surface area is 168 Å². The third-order valence-corrected chi connectivity index (χ3v) is 5.71. The molecule has 0 spiro atoms. The molecule has 0 saturated heterocycles. The van der Waals surface area contributed by atoms with Gasteiger partial charge in [0.2, 0.25) is 0 Å². The normalized spacial score (nSPS) is 14.5. The van der Waals surface area contributed by atoms with Crippen molar-refractivity contribution in [3.63, 3.8) is 0 Å². The first-order valence-electron chi connectivity index (χ1n) is 9.69. The molecule has 0 fully saturated rings. The summed E-state index contributed by atoms with van der Waals surface area (Å²) in [5.41, 5.74) is 0. The number of allylic oxidation sites excluding steroid dienone is 2. The third kappa shape index (κ3) is 11.2. The molecule has 28 heavy (non-hydrogen) atoms. The monoisotopic (exact) mass is 418 g/mol. The molecule has 0 aromatic heterocycles. The Balaban J connectivity index is 4.76. The van der Waals surface area contributed by atoms with E-state index in [1.54, 1.807) is 12.2 Å². The van der Waals surface area contributed by atoms with Crippen molar-refractivity contribution in [1.82, 2.24) is 0 Å². The van der Waals surface area contributed by atoms with Crippen molar-refractivity contribution in [1.29, 1.82) is 0 Å². The summed E-state index contributed by atoms with van der Waals surface area (Å²) in [6.07, 6.45) is 7.33. The molecule has 0 amide bonds. The minimum absolute atomic E-state index is 0.0176. The molecule has 0 radical (unpaired) electrons. The zero-order chi connectivity index (χ0) is 21.6. The van der Waals surface area contributed by atoms with Crippen molar-refractivity contribution in [2.75, 3.05) is 13.2 Å². The van der Waals surface area contributed by atoms with E-state index in [1.807, 2.05) is 13.8 Å². The molecule has 0 aromatic carbocycles. The van der Waals surface area contributed by atoms with Crippen LogP contribution in [0.15, 0.2) is 25.3 Å². The first-order chi connectivity index (χ1) is 13.2. The minimum Gasteiger partial charge on any atom is -0.465 e. The lowest BCUT2D eigenvalue weighted by atomic mass is 10.0. The van der Waals surface area contributed by atoms with Crippen molar-refractivity contribution in [3.05, 3.63) is 25.3 Å². The van der Waals surface area contributed by atoms with Crippen molar-refractivity contribution < 1.29 is 32.0 Å². The number of esters is 2. The van der Waals surface area contributed by atoms with Gasteiger partial charge in [-0.15, -0.1) is 13.2 Å². The molecule has 0 aliphatic heterocycles. The van der Waals surface area contributed by atoms with Crippen LogP contribution in [0.1, 0.15) is 58.8 Å². The SMILES string of the molecule is C=CCCC(CC)COC(=O)CC(C(=O)OCC(CC)CCC=C)S(=O)(=O)O. The lowest BCUT2D eigenvalue weighted by molar-refractivity contribution is -0.151. The van der Waals surface area contributed by atoms with E-state index in [2.05, 4.69) is 13.2 Å². The summed E-state index contributed by atoms with van der Waals surface area (Å²) >= 11 is 0. The Bertz CT molecular complexity index is 598. The molecular weight excluding hydrogens is 384 g/mol. The minimum atomic E-state index is -4.79. The largest absolute Gasteiger partial charge is 0.465 e. The van der Waals surface area contributed by atoms with E-state index >= 15 is 0 Å². The van der Waals surface area contributed by atoms with Crippen LogP contribution in [0.5, 0.6) is 0 Å². The second-order valence-electron chi connectivity index (χ2n) is 6.80. The molecule has 0 saturated carbocycles. The zero-order valence-corrected chi connectivity index (χ0v) is 17.8. The van der Waals surface area contributed by atoms with Gasteiger partial charge in [-0.05, 0) is 37.5 Å². The predicted molar refractivity (Wildman–Crippen MR) is 108 cm³/mol. The van der Waals surface area contributed by atoms with Gasteiger partial charge < -0.3 is 9.47 Å². The van der Waals surface area contributed by atoms with E-state index in [-0.39, 0.29) is 25.0 Å². The molecule has 7 nitrogen and oxygen atoms in total. The highest BCUT2D eigenvalue weighted by molar-refractivity contribution is 7.87. The second-order valence-corrected chi connectivity index (χ2v) is 8.40. The van der Waals surface area contributed by atoms with E-state index < -0.39 is 33.7 Å². The van der Waals surface area contributed by atoms with Crippen LogP contribution in [0.3, 0.4) is 0 Å². The molecular formula is C20H34O7S. The maximum atomic E-state index is 12.2. The molecule has 1 N–H and O–H groups in total. The topological polar surface area (TPSA) is 107 Å². The summed E-state index contributed by atoms with van der Waals surface area (Å²) in [6, 6.07) is 0. The summed E-state index contributed by atoms with van der Waals surface area (Å²) in [4.78, 5) is 24.2. The molecule has 162 valence electrons. The van der Waals surface area contributed by atoms with E-state index in [0.29, 0.717) is 0 Å².